The molecule has 4 rings (SSSR count). The van der Waals surface area contributed by atoms with Crippen LogP contribution in [0.2, 0.25) is 0 Å². The maximum absolute atomic E-state index is 12.9. The molecular formula is C26H30N4O2. The standard InChI is InChI=1S/C26H30N4O2/c1-18-24(20(3)30(28-18)16-21-10-6-4-7-11-21)15-27-26(32)23-14-25(31)29(17-23)19(2)22-12-8-5-9-13-22/h4-13,19,23H,14-17H2,1-3H3,(H,27,32)/t19-,23-/m0/s1. The van der Waals surface area contributed by atoms with E-state index in [1.807, 2.05) is 78.9 Å². The molecule has 0 bridgehead atoms. The van der Waals surface area contributed by atoms with E-state index in [-0.39, 0.29) is 30.2 Å². The van der Waals surface area contributed by atoms with Gasteiger partial charge in [-0.15, -0.1) is 0 Å². The minimum Gasteiger partial charge on any atom is -0.352 e. The predicted octanol–water partition coefficient (Wildman–Crippen LogP) is 3.77. The summed E-state index contributed by atoms with van der Waals surface area (Å²) in [5.74, 6) is -0.367. The first-order valence-electron chi connectivity index (χ1n) is 11.1. The number of amides is 2. The second-order valence-corrected chi connectivity index (χ2v) is 8.54. The van der Waals surface area contributed by atoms with Crippen LogP contribution in [0.1, 0.15) is 47.5 Å². The highest BCUT2D eigenvalue weighted by Crippen LogP contribution is 2.28. The van der Waals surface area contributed by atoms with E-state index in [0.717, 1.165) is 22.5 Å². The van der Waals surface area contributed by atoms with E-state index in [0.29, 0.717) is 19.6 Å². The fraction of sp³-hybridized carbons (Fsp3) is 0.346. The number of benzene rings is 2. The van der Waals surface area contributed by atoms with Crippen molar-refractivity contribution in [2.24, 2.45) is 5.92 Å². The molecule has 2 amide bonds. The number of carbonyl (C=O) groups excluding carboxylic acids is 2. The quantitative estimate of drug-likeness (QED) is 0.620. The number of likely N-dealkylation sites (tertiary alicyclic amines) is 1. The Balaban J connectivity index is 1.37. The van der Waals surface area contributed by atoms with Crippen LogP contribution in [-0.2, 0) is 22.7 Å². The van der Waals surface area contributed by atoms with Crippen molar-refractivity contribution in [1.82, 2.24) is 20.0 Å². The van der Waals surface area contributed by atoms with Crippen molar-refractivity contribution in [3.8, 4) is 0 Å². The van der Waals surface area contributed by atoms with E-state index in [4.69, 9.17) is 0 Å². The van der Waals surface area contributed by atoms with Gasteiger partial charge in [-0.3, -0.25) is 14.3 Å². The highest BCUT2D eigenvalue weighted by atomic mass is 16.2. The summed E-state index contributed by atoms with van der Waals surface area (Å²) in [6.45, 7) is 7.59. The van der Waals surface area contributed by atoms with Crippen molar-refractivity contribution in [3.05, 3.63) is 88.7 Å². The maximum atomic E-state index is 12.9. The van der Waals surface area contributed by atoms with Gasteiger partial charge in [0.25, 0.3) is 0 Å². The van der Waals surface area contributed by atoms with Crippen LogP contribution in [0.3, 0.4) is 0 Å². The summed E-state index contributed by atoms with van der Waals surface area (Å²) in [4.78, 5) is 27.3. The smallest absolute Gasteiger partial charge is 0.225 e. The summed E-state index contributed by atoms with van der Waals surface area (Å²) >= 11 is 0. The van der Waals surface area contributed by atoms with Gasteiger partial charge in [-0.25, -0.2) is 0 Å². The third-order valence-electron chi connectivity index (χ3n) is 6.42. The van der Waals surface area contributed by atoms with Crippen molar-refractivity contribution >= 4 is 11.8 Å². The van der Waals surface area contributed by atoms with Gasteiger partial charge in [-0.2, -0.15) is 5.10 Å². The number of nitrogens with one attached hydrogen (secondary N) is 1. The second kappa shape index (κ2) is 9.39. The number of nitrogens with zero attached hydrogens (tertiary/aromatic N) is 3. The molecule has 2 heterocycles. The molecule has 166 valence electrons. The number of aromatic nitrogens is 2. The molecule has 32 heavy (non-hydrogen) atoms. The average Bonchev–Trinajstić information content (AvgIpc) is 3.32. The van der Waals surface area contributed by atoms with Crippen molar-refractivity contribution < 1.29 is 9.59 Å². The summed E-state index contributed by atoms with van der Waals surface area (Å²) in [7, 11) is 0. The molecule has 2 aromatic carbocycles. The Kier molecular flexibility index (Phi) is 6.40. The Morgan fingerprint density at radius 1 is 1.09 bits per heavy atom. The molecule has 6 heteroatoms. The first kappa shape index (κ1) is 21.8. The third-order valence-corrected chi connectivity index (χ3v) is 6.42. The molecule has 0 unspecified atom stereocenters. The Morgan fingerprint density at radius 3 is 2.44 bits per heavy atom. The molecule has 0 aliphatic carbocycles. The highest BCUT2D eigenvalue weighted by Gasteiger charge is 2.37. The second-order valence-electron chi connectivity index (χ2n) is 8.54. The van der Waals surface area contributed by atoms with E-state index in [2.05, 4.69) is 22.5 Å². The number of rotatable bonds is 7. The van der Waals surface area contributed by atoms with Crippen molar-refractivity contribution in [2.75, 3.05) is 6.54 Å². The molecule has 1 fully saturated rings. The monoisotopic (exact) mass is 430 g/mol. The Hall–Kier alpha value is -3.41. The zero-order chi connectivity index (χ0) is 22.7. The van der Waals surface area contributed by atoms with Crippen LogP contribution in [0.15, 0.2) is 60.7 Å². The third kappa shape index (κ3) is 4.59. The highest BCUT2D eigenvalue weighted by molar-refractivity contribution is 5.89. The lowest BCUT2D eigenvalue weighted by atomic mass is 10.1. The van der Waals surface area contributed by atoms with Crippen LogP contribution in [-0.4, -0.2) is 33.0 Å². The average molecular weight is 431 g/mol. The van der Waals surface area contributed by atoms with Crippen LogP contribution in [0, 0.1) is 19.8 Å². The molecular weight excluding hydrogens is 400 g/mol. The molecule has 1 saturated heterocycles. The molecule has 1 aromatic heterocycles. The fourth-order valence-electron chi connectivity index (χ4n) is 4.41. The lowest BCUT2D eigenvalue weighted by molar-refractivity contribution is -0.130. The molecule has 1 aliphatic heterocycles. The van der Waals surface area contributed by atoms with Crippen molar-refractivity contribution in [2.45, 2.75) is 46.3 Å². The number of hydrogen-bond acceptors (Lipinski definition) is 3. The topological polar surface area (TPSA) is 67.2 Å². The van der Waals surface area contributed by atoms with Crippen LogP contribution in [0.5, 0.6) is 0 Å². The van der Waals surface area contributed by atoms with Crippen LogP contribution >= 0.6 is 0 Å². The van der Waals surface area contributed by atoms with Gasteiger partial charge >= 0.3 is 0 Å². The molecule has 2 atom stereocenters. The lowest BCUT2D eigenvalue weighted by Gasteiger charge is -2.25. The summed E-state index contributed by atoms with van der Waals surface area (Å²) < 4.78 is 1.98. The van der Waals surface area contributed by atoms with Crippen LogP contribution in [0.25, 0.3) is 0 Å². The largest absolute Gasteiger partial charge is 0.352 e. The zero-order valence-corrected chi connectivity index (χ0v) is 18.9. The zero-order valence-electron chi connectivity index (χ0n) is 18.9. The van der Waals surface area contributed by atoms with Gasteiger partial charge in [-0.05, 0) is 31.9 Å². The van der Waals surface area contributed by atoms with Gasteiger partial charge < -0.3 is 10.2 Å². The first-order valence-corrected chi connectivity index (χ1v) is 11.1. The van der Waals surface area contributed by atoms with E-state index in [9.17, 15) is 9.59 Å². The molecule has 1 N–H and O–H groups in total. The van der Waals surface area contributed by atoms with E-state index in [1.165, 1.54) is 5.56 Å². The van der Waals surface area contributed by atoms with E-state index in [1.54, 1.807) is 0 Å². The van der Waals surface area contributed by atoms with Crippen LogP contribution < -0.4 is 5.32 Å². The normalized spacial score (nSPS) is 16.9. The molecule has 0 spiro atoms. The minimum atomic E-state index is -0.325. The molecule has 3 aromatic rings. The number of aryl methyl sites for hydroxylation is 1. The van der Waals surface area contributed by atoms with Gasteiger partial charge in [0, 0.05) is 30.8 Å². The summed E-state index contributed by atoms with van der Waals surface area (Å²) in [6.07, 6.45) is 0.258. The van der Waals surface area contributed by atoms with E-state index < -0.39 is 0 Å². The summed E-state index contributed by atoms with van der Waals surface area (Å²) in [6, 6.07) is 20.1. The van der Waals surface area contributed by atoms with E-state index >= 15 is 0 Å². The van der Waals surface area contributed by atoms with Crippen molar-refractivity contribution in [3.63, 3.8) is 0 Å². The van der Waals surface area contributed by atoms with Gasteiger partial charge in [0.1, 0.15) is 0 Å². The van der Waals surface area contributed by atoms with Crippen LogP contribution in [0.4, 0.5) is 0 Å². The lowest BCUT2D eigenvalue weighted by Crippen LogP contribution is -2.33. The molecule has 0 saturated carbocycles. The summed E-state index contributed by atoms with van der Waals surface area (Å²) in [5.41, 5.74) is 5.27. The van der Waals surface area contributed by atoms with Gasteiger partial charge in [0.15, 0.2) is 0 Å². The Morgan fingerprint density at radius 2 is 1.75 bits per heavy atom. The first-order chi connectivity index (χ1) is 15.4. The predicted molar refractivity (Wildman–Crippen MR) is 124 cm³/mol. The molecule has 0 radical (unpaired) electrons. The summed E-state index contributed by atoms with van der Waals surface area (Å²) in [5, 5.41) is 7.71. The Labute approximate surface area is 189 Å². The van der Waals surface area contributed by atoms with Gasteiger partial charge in [0.05, 0.1) is 24.2 Å². The maximum Gasteiger partial charge on any atom is 0.225 e. The van der Waals surface area contributed by atoms with Gasteiger partial charge in [-0.1, -0.05) is 60.7 Å². The minimum absolute atomic E-state index is 0.0320. The molecule has 6 nitrogen and oxygen atoms in total. The number of carbonyl (C=O) groups is 2. The van der Waals surface area contributed by atoms with Crippen molar-refractivity contribution in [1.29, 1.82) is 0 Å². The Bertz CT molecular complexity index is 1090. The number of hydrogen-bond donors (Lipinski definition) is 1. The fourth-order valence-corrected chi connectivity index (χ4v) is 4.41. The SMILES string of the molecule is Cc1nn(Cc2ccccc2)c(C)c1CNC(=O)[C@H]1CC(=O)N([C@@H](C)c2ccccc2)C1. The molecule has 1 aliphatic rings. The van der Waals surface area contributed by atoms with Gasteiger partial charge in [0.2, 0.25) is 11.8 Å².